The van der Waals surface area contributed by atoms with Crippen LogP contribution in [0, 0.1) is 0 Å². The quantitative estimate of drug-likeness (QED) is 0.473. The Labute approximate surface area is 173 Å². The SMILES string of the molecule is COCCn1c(=NC(=O)C(c2ccccc2)c2ccccc2)sc2ccccc21. The molecule has 5 heteroatoms. The molecule has 1 heterocycles. The van der Waals surface area contributed by atoms with Crippen LogP contribution in [0.3, 0.4) is 0 Å². The van der Waals surface area contributed by atoms with Gasteiger partial charge in [-0.15, -0.1) is 0 Å². The lowest BCUT2D eigenvalue weighted by Crippen LogP contribution is -2.21. The van der Waals surface area contributed by atoms with Gasteiger partial charge < -0.3 is 9.30 Å². The Balaban J connectivity index is 1.82. The molecule has 0 N–H and O–H groups in total. The lowest BCUT2D eigenvalue weighted by molar-refractivity contribution is -0.118. The highest BCUT2D eigenvalue weighted by molar-refractivity contribution is 7.16. The van der Waals surface area contributed by atoms with Gasteiger partial charge in [0, 0.05) is 13.7 Å². The van der Waals surface area contributed by atoms with Crippen molar-refractivity contribution in [3.63, 3.8) is 0 Å². The number of carbonyl (C=O) groups excluding carboxylic acids is 1. The minimum Gasteiger partial charge on any atom is -0.383 e. The second-order valence-corrected chi connectivity index (χ2v) is 7.71. The largest absolute Gasteiger partial charge is 0.383 e. The Bertz CT molecular complexity index is 1120. The Morgan fingerprint density at radius 3 is 2.14 bits per heavy atom. The Morgan fingerprint density at radius 2 is 1.52 bits per heavy atom. The molecular formula is C24H22N2O2S. The molecule has 1 amide bonds. The molecule has 0 fully saturated rings. The summed E-state index contributed by atoms with van der Waals surface area (Å²) in [6.45, 7) is 1.21. The lowest BCUT2D eigenvalue weighted by Gasteiger charge is -2.14. The number of ether oxygens (including phenoxy) is 1. The first-order valence-corrected chi connectivity index (χ1v) is 10.4. The van der Waals surface area contributed by atoms with E-state index in [0.717, 1.165) is 21.3 Å². The lowest BCUT2D eigenvalue weighted by atomic mass is 9.91. The number of carbonyl (C=O) groups is 1. The molecule has 0 aliphatic heterocycles. The predicted octanol–water partition coefficient (Wildman–Crippen LogP) is 4.61. The molecule has 0 saturated carbocycles. The highest BCUT2D eigenvalue weighted by Gasteiger charge is 2.22. The number of amides is 1. The molecule has 0 radical (unpaired) electrons. The molecule has 4 nitrogen and oxygen atoms in total. The number of para-hydroxylation sites is 1. The second kappa shape index (κ2) is 8.99. The third-order valence-electron chi connectivity index (χ3n) is 4.83. The van der Waals surface area contributed by atoms with Crippen LogP contribution in [0.25, 0.3) is 10.2 Å². The van der Waals surface area contributed by atoms with Crippen LogP contribution < -0.4 is 4.80 Å². The van der Waals surface area contributed by atoms with E-state index in [0.29, 0.717) is 18.0 Å². The topological polar surface area (TPSA) is 43.6 Å². The van der Waals surface area contributed by atoms with Crippen LogP contribution in [0.1, 0.15) is 17.0 Å². The van der Waals surface area contributed by atoms with Crippen molar-refractivity contribution in [2.45, 2.75) is 12.5 Å². The molecule has 146 valence electrons. The van der Waals surface area contributed by atoms with Crippen molar-refractivity contribution in [3.05, 3.63) is 101 Å². The standard InChI is InChI=1S/C24H22N2O2S/c1-28-17-16-26-20-14-8-9-15-21(20)29-24(26)25-23(27)22(18-10-4-2-5-11-18)19-12-6-3-7-13-19/h2-15,22H,16-17H2,1H3. The van der Waals surface area contributed by atoms with Crippen molar-refractivity contribution in [1.82, 2.24) is 4.57 Å². The summed E-state index contributed by atoms with van der Waals surface area (Å²) in [6.07, 6.45) is 0. The summed E-state index contributed by atoms with van der Waals surface area (Å²) in [4.78, 5) is 18.7. The van der Waals surface area contributed by atoms with E-state index in [9.17, 15) is 4.79 Å². The zero-order valence-corrected chi connectivity index (χ0v) is 17.0. The molecule has 0 atom stereocenters. The molecule has 4 aromatic rings. The summed E-state index contributed by atoms with van der Waals surface area (Å²) >= 11 is 1.53. The average molecular weight is 403 g/mol. The van der Waals surface area contributed by atoms with Gasteiger partial charge in [-0.2, -0.15) is 4.99 Å². The number of aromatic nitrogens is 1. The van der Waals surface area contributed by atoms with Gasteiger partial charge in [0.2, 0.25) is 0 Å². The summed E-state index contributed by atoms with van der Waals surface area (Å²) < 4.78 is 8.43. The van der Waals surface area contributed by atoms with Crippen molar-refractivity contribution in [2.75, 3.05) is 13.7 Å². The Kier molecular flexibility index (Phi) is 5.98. The van der Waals surface area contributed by atoms with Crippen LogP contribution in [0.15, 0.2) is 89.9 Å². The van der Waals surface area contributed by atoms with Crippen LogP contribution in [0.2, 0.25) is 0 Å². The van der Waals surface area contributed by atoms with E-state index in [2.05, 4.69) is 21.7 Å². The summed E-state index contributed by atoms with van der Waals surface area (Å²) in [5.41, 5.74) is 2.95. The molecule has 29 heavy (non-hydrogen) atoms. The van der Waals surface area contributed by atoms with Gasteiger partial charge in [-0.05, 0) is 23.3 Å². The number of rotatable bonds is 6. The Hall–Kier alpha value is -3.02. The van der Waals surface area contributed by atoms with Gasteiger partial charge in [0.05, 0.1) is 22.7 Å². The van der Waals surface area contributed by atoms with Gasteiger partial charge in [-0.3, -0.25) is 4.79 Å². The maximum atomic E-state index is 13.4. The first kappa shape index (κ1) is 19.3. The fourth-order valence-corrected chi connectivity index (χ4v) is 4.49. The van der Waals surface area contributed by atoms with Crippen LogP contribution in [-0.4, -0.2) is 24.2 Å². The van der Waals surface area contributed by atoms with Gasteiger partial charge >= 0.3 is 0 Å². The second-order valence-electron chi connectivity index (χ2n) is 6.70. The summed E-state index contributed by atoms with van der Waals surface area (Å²) in [5.74, 6) is -0.599. The monoisotopic (exact) mass is 402 g/mol. The van der Waals surface area contributed by atoms with Gasteiger partial charge in [0.25, 0.3) is 5.91 Å². The first-order chi connectivity index (χ1) is 14.3. The molecular weight excluding hydrogens is 380 g/mol. The number of nitrogens with zero attached hydrogens (tertiary/aromatic N) is 2. The van der Waals surface area contributed by atoms with Crippen molar-refractivity contribution in [2.24, 2.45) is 4.99 Å². The number of hydrogen-bond donors (Lipinski definition) is 0. The molecule has 0 saturated heterocycles. The molecule has 0 bridgehead atoms. The van der Waals surface area contributed by atoms with Gasteiger partial charge in [-0.1, -0.05) is 84.1 Å². The summed E-state index contributed by atoms with van der Waals surface area (Å²) in [7, 11) is 1.68. The van der Waals surface area contributed by atoms with E-state index >= 15 is 0 Å². The van der Waals surface area contributed by atoms with Crippen LogP contribution in [0.5, 0.6) is 0 Å². The third-order valence-corrected chi connectivity index (χ3v) is 5.89. The summed E-state index contributed by atoms with van der Waals surface area (Å²) in [6, 6.07) is 27.8. The van der Waals surface area contributed by atoms with E-state index < -0.39 is 5.92 Å². The molecule has 0 aliphatic carbocycles. The maximum Gasteiger partial charge on any atom is 0.260 e. The van der Waals surface area contributed by atoms with Crippen molar-refractivity contribution in [3.8, 4) is 0 Å². The zero-order chi connectivity index (χ0) is 20.1. The van der Waals surface area contributed by atoms with Crippen molar-refractivity contribution in [1.29, 1.82) is 0 Å². The highest BCUT2D eigenvalue weighted by atomic mass is 32.1. The number of thiazole rings is 1. The zero-order valence-electron chi connectivity index (χ0n) is 16.2. The van der Waals surface area contributed by atoms with Crippen molar-refractivity contribution < 1.29 is 9.53 Å². The third kappa shape index (κ3) is 4.21. The molecule has 3 aromatic carbocycles. The smallest absolute Gasteiger partial charge is 0.260 e. The number of methoxy groups -OCH3 is 1. The molecule has 0 unspecified atom stereocenters. The van der Waals surface area contributed by atoms with Gasteiger partial charge in [-0.25, -0.2) is 0 Å². The van der Waals surface area contributed by atoms with Gasteiger partial charge in [0.15, 0.2) is 4.80 Å². The maximum absolute atomic E-state index is 13.4. The van der Waals surface area contributed by atoms with Crippen LogP contribution >= 0.6 is 11.3 Å². The van der Waals surface area contributed by atoms with E-state index in [1.54, 1.807) is 7.11 Å². The fraction of sp³-hybridized carbons (Fsp3) is 0.167. The van der Waals surface area contributed by atoms with Crippen molar-refractivity contribution >= 4 is 27.5 Å². The first-order valence-electron chi connectivity index (χ1n) is 9.53. The van der Waals surface area contributed by atoms with E-state index in [1.807, 2.05) is 72.8 Å². The number of benzene rings is 3. The van der Waals surface area contributed by atoms with E-state index in [-0.39, 0.29) is 5.91 Å². The number of fused-ring (bicyclic) bond motifs is 1. The van der Waals surface area contributed by atoms with E-state index in [1.165, 1.54) is 11.3 Å². The molecule has 1 aromatic heterocycles. The molecule has 4 rings (SSSR count). The normalized spacial score (nSPS) is 12.0. The van der Waals surface area contributed by atoms with E-state index in [4.69, 9.17) is 4.74 Å². The highest BCUT2D eigenvalue weighted by Crippen LogP contribution is 2.26. The summed E-state index contributed by atoms with van der Waals surface area (Å²) in [5, 5.41) is 0. The van der Waals surface area contributed by atoms with Crippen LogP contribution in [0.4, 0.5) is 0 Å². The van der Waals surface area contributed by atoms with Crippen LogP contribution in [-0.2, 0) is 16.1 Å². The predicted molar refractivity (Wildman–Crippen MR) is 117 cm³/mol. The Morgan fingerprint density at radius 1 is 0.931 bits per heavy atom. The minimum absolute atomic E-state index is 0.167. The fourth-order valence-electron chi connectivity index (χ4n) is 3.43. The molecule has 0 spiro atoms. The molecule has 0 aliphatic rings. The van der Waals surface area contributed by atoms with Gasteiger partial charge in [0.1, 0.15) is 0 Å². The minimum atomic E-state index is -0.432. The number of hydrogen-bond acceptors (Lipinski definition) is 3. The average Bonchev–Trinajstić information content (AvgIpc) is 3.11.